The maximum atomic E-state index is 6.94. The first-order valence-electron chi connectivity index (χ1n) is 22.5. The first-order valence-corrected chi connectivity index (χ1v) is 26.0. The van der Waals surface area contributed by atoms with E-state index in [1.54, 1.807) is 0 Å². The maximum Gasteiger partial charge on any atom is 0.137 e. The van der Waals surface area contributed by atoms with Gasteiger partial charge in [0.15, 0.2) is 0 Å². The molecule has 0 aliphatic carbocycles. The molecule has 11 aromatic carbocycles. The van der Waals surface area contributed by atoms with E-state index in [0.29, 0.717) is 0 Å². The third kappa shape index (κ3) is 6.73. The Labute approximate surface area is 381 Å². The molecule has 0 saturated heterocycles. The van der Waals surface area contributed by atoms with Crippen molar-refractivity contribution in [3.63, 3.8) is 0 Å². The van der Waals surface area contributed by atoms with Crippen LogP contribution in [0.5, 0.6) is 11.5 Å². The Balaban J connectivity index is 0.972. The van der Waals surface area contributed by atoms with Crippen LogP contribution in [0.3, 0.4) is 0 Å². The van der Waals surface area contributed by atoms with Gasteiger partial charge in [0.25, 0.3) is 0 Å². The van der Waals surface area contributed by atoms with E-state index >= 15 is 0 Å². The third-order valence-electron chi connectivity index (χ3n) is 13.1. The van der Waals surface area contributed by atoms with E-state index in [-0.39, 0.29) is 0 Å². The predicted molar refractivity (Wildman–Crippen MR) is 280 cm³/mol. The monoisotopic (exact) mass is 850 g/mol. The van der Waals surface area contributed by atoms with Crippen molar-refractivity contribution in [3.05, 3.63) is 224 Å². The van der Waals surface area contributed by atoms with E-state index in [4.69, 9.17) is 4.74 Å². The van der Waals surface area contributed by atoms with Crippen LogP contribution in [-0.2, 0) is 0 Å². The molecule has 1 heterocycles. The van der Waals surface area contributed by atoms with Crippen LogP contribution in [0.2, 0.25) is 19.6 Å². The summed E-state index contributed by atoms with van der Waals surface area (Å²) in [4.78, 5) is 4.67. The van der Waals surface area contributed by atoms with E-state index < -0.39 is 8.07 Å². The number of anilines is 6. The van der Waals surface area contributed by atoms with Crippen molar-refractivity contribution in [1.82, 2.24) is 0 Å². The summed E-state index contributed by atoms with van der Waals surface area (Å²) >= 11 is 0. The highest BCUT2D eigenvalue weighted by Crippen LogP contribution is 2.52. The van der Waals surface area contributed by atoms with Gasteiger partial charge in [-0.2, -0.15) is 0 Å². The largest absolute Gasteiger partial charge is 0.456 e. The fourth-order valence-electron chi connectivity index (χ4n) is 9.90. The Kier molecular flexibility index (Phi) is 9.18. The molecular formula is C61H46N2OSi. The molecule has 0 fully saturated rings. The van der Waals surface area contributed by atoms with Gasteiger partial charge >= 0.3 is 0 Å². The Morgan fingerprint density at radius 3 is 1.55 bits per heavy atom. The van der Waals surface area contributed by atoms with Crippen molar-refractivity contribution < 1.29 is 4.74 Å². The molecule has 1 aliphatic rings. The summed E-state index contributed by atoms with van der Waals surface area (Å²) in [7, 11) is -1.44. The number of ether oxygens (including phenoxy) is 1. The van der Waals surface area contributed by atoms with Gasteiger partial charge in [-0.1, -0.05) is 152 Å². The van der Waals surface area contributed by atoms with Crippen molar-refractivity contribution >= 4 is 90.5 Å². The lowest BCUT2D eigenvalue weighted by atomic mass is 9.86. The highest BCUT2D eigenvalue weighted by atomic mass is 28.3. The van der Waals surface area contributed by atoms with Crippen molar-refractivity contribution in [1.29, 1.82) is 0 Å². The van der Waals surface area contributed by atoms with E-state index in [0.717, 1.165) is 56.6 Å². The summed E-state index contributed by atoms with van der Waals surface area (Å²) in [6, 6.07) is 81.7. The van der Waals surface area contributed by atoms with Gasteiger partial charge in [-0.15, -0.1) is 0 Å². The number of fused-ring (bicyclic) bond motifs is 7. The van der Waals surface area contributed by atoms with E-state index in [1.165, 1.54) is 59.6 Å². The Morgan fingerprint density at radius 1 is 0.323 bits per heavy atom. The van der Waals surface area contributed by atoms with Crippen LogP contribution in [-0.4, -0.2) is 8.07 Å². The molecular weight excluding hydrogens is 805 g/mol. The Hall–Kier alpha value is -7.92. The molecule has 0 spiro atoms. The summed E-state index contributed by atoms with van der Waals surface area (Å²) in [6.07, 6.45) is 0. The molecule has 11 aromatic rings. The van der Waals surface area contributed by atoms with Crippen molar-refractivity contribution in [2.75, 3.05) is 9.80 Å². The van der Waals surface area contributed by atoms with Crippen LogP contribution >= 0.6 is 0 Å². The Morgan fingerprint density at radius 2 is 0.846 bits per heavy atom. The van der Waals surface area contributed by atoms with Crippen LogP contribution in [0.15, 0.2) is 224 Å². The second kappa shape index (κ2) is 15.4. The molecule has 1 aliphatic heterocycles. The topological polar surface area (TPSA) is 15.7 Å². The van der Waals surface area contributed by atoms with E-state index in [2.05, 4.69) is 254 Å². The smallest absolute Gasteiger partial charge is 0.137 e. The molecule has 0 N–H and O–H groups in total. The molecule has 0 unspecified atom stereocenters. The lowest BCUT2D eigenvalue weighted by Gasteiger charge is -2.28. The molecule has 0 saturated carbocycles. The number of rotatable bonds is 8. The molecule has 0 atom stereocenters. The van der Waals surface area contributed by atoms with Gasteiger partial charge < -0.3 is 14.5 Å². The van der Waals surface area contributed by atoms with Gasteiger partial charge in [-0.25, -0.2) is 0 Å². The molecule has 310 valence electrons. The van der Waals surface area contributed by atoms with Crippen LogP contribution in [0.25, 0.3) is 65.3 Å². The van der Waals surface area contributed by atoms with Gasteiger partial charge in [-0.05, 0) is 145 Å². The summed E-state index contributed by atoms with van der Waals surface area (Å²) in [5.41, 5.74) is 11.3. The minimum Gasteiger partial charge on any atom is -0.456 e. The maximum absolute atomic E-state index is 6.94. The fourth-order valence-corrected chi connectivity index (χ4v) is 11.1. The average Bonchev–Trinajstić information content (AvgIpc) is 3.35. The highest BCUT2D eigenvalue weighted by Gasteiger charge is 2.25. The van der Waals surface area contributed by atoms with Crippen molar-refractivity contribution in [2.24, 2.45) is 0 Å². The van der Waals surface area contributed by atoms with E-state index in [1.807, 2.05) is 0 Å². The predicted octanol–water partition coefficient (Wildman–Crippen LogP) is 17.2. The number of benzene rings is 11. The zero-order valence-corrected chi connectivity index (χ0v) is 37.7. The molecule has 3 nitrogen and oxygen atoms in total. The van der Waals surface area contributed by atoms with Crippen LogP contribution in [0.1, 0.15) is 0 Å². The molecule has 12 rings (SSSR count). The summed E-state index contributed by atoms with van der Waals surface area (Å²) in [5, 5.41) is 11.1. The van der Waals surface area contributed by atoms with Crippen LogP contribution < -0.4 is 19.7 Å². The number of para-hydroxylation sites is 2. The molecule has 0 bridgehead atoms. The molecule has 0 amide bonds. The molecule has 0 radical (unpaired) electrons. The minimum absolute atomic E-state index is 0.848. The van der Waals surface area contributed by atoms with Gasteiger partial charge in [0.1, 0.15) is 11.5 Å². The number of hydrogen-bond donors (Lipinski definition) is 0. The summed E-state index contributed by atoms with van der Waals surface area (Å²) in [6.45, 7) is 7.20. The first-order chi connectivity index (χ1) is 31.9. The number of hydrogen-bond acceptors (Lipinski definition) is 3. The van der Waals surface area contributed by atoms with Gasteiger partial charge in [0, 0.05) is 51.1 Å². The normalized spacial score (nSPS) is 12.0. The van der Waals surface area contributed by atoms with Crippen LogP contribution in [0.4, 0.5) is 34.1 Å². The summed E-state index contributed by atoms with van der Waals surface area (Å²) in [5.74, 6) is 1.72. The van der Waals surface area contributed by atoms with E-state index in [9.17, 15) is 0 Å². The standard InChI is InChI=1S/C61H46N2OSi/c1-65(2,3)50-34-31-47(32-35-50)62(44-17-6-4-7-18-44)46-28-26-42(27-29-46)55-39-57-54-23-14-24-59-61(54)58(40-56(57)52-22-13-12-21-51(52)55)53-36-33-49(38-60(53)64-59)63(45-19-8-5-9-20-45)48-30-25-41-15-10-11-16-43(41)37-48/h4-40H,1-3H3. The lowest BCUT2D eigenvalue weighted by Crippen LogP contribution is -2.37. The van der Waals surface area contributed by atoms with Gasteiger partial charge in [-0.3, -0.25) is 0 Å². The van der Waals surface area contributed by atoms with Crippen molar-refractivity contribution in [3.8, 4) is 33.8 Å². The quantitative estimate of drug-likeness (QED) is 0.112. The Bertz CT molecular complexity index is 3600. The zero-order valence-electron chi connectivity index (χ0n) is 36.7. The highest BCUT2D eigenvalue weighted by molar-refractivity contribution is 6.88. The minimum atomic E-state index is -1.44. The number of nitrogens with zero attached hydrogens (tertiary/aromatic N) is 2. The van der Waals surface area contributed by atoms with Gasteiger partial charge in [0.05, 0.1) is 8.07 Å². The first kappa shape index (κ1) is 38.7. The second-order valence-electron chi connectivity index (χ2n) is 18.2. The fraction of sp³-hybridized carbons (Fsp3) is 0.0492. The van der Waals surface area contributed by atoms with Crippen molar-refractivity contribution in [2.45, 2.75) is 19.6 Å². The second-order valence-corrected chi connectivity index (χ2v) is 23.2. The van der Waals surface area contributed by atoms with Gasteiger partial charge in [0.2, 0.25) is 0 Å². The molecule has 65 heavy (non-hydrogen) atoms. The SMILES string of the molecule is C[Si](C)(C)c1ccc(N(c2ccccc2)c2ccc(-c3cc4c5cccc6c5c(cc4c4ccccc34)-c3ccc(N(c4ccccc4)c4ccc5ccccc5c4)cc3O6)cc2)cc1. The summed E-state index contributed by atoms with van der Waals surface area (Å²) < 4.78 is 6.94. The lowest BCUT2D eigenvalue weighted by molar-refractivity contribution is 0.487. The molecule has 0 aromatic heterocycles. The zero-order chi connectivity index (χ0) is 43.6. The molecule has 4 heteroatoms. The van der Waals surface area contributed by atoms with Crippen LogP contribution in [0, 0.1) is 0 Å². The average molecular weight is 851 g/mol. The third-order valence-corrected chi connectivity index (χ3v) is 15.2.